The predicted molar refractivity (Wildman–Crippen MR) is 220 cm³/mol. The van der Waals surface area contributed by atoms with Gasteiger partial charge in [0.25, 0.3) is 7.82 Å². The highest BCUT2D eigenvalue weighted by Gasteiger charge is 2.95. The highest BCUT2D eigenvalue weighted by Crippen LogP contribution is 2.64. The Balaban J connectivity index is 4.84. The van der Waals surface area contributed by atoms with Gasteiger partial charge >= 0.3 is 47.6 Å². The van der Waals surface area contributed by atoms with Gasteiger partial charge < -0.3 is 27.9 Å². The van der Waals surface area contributed by atoms with Crippen LogP contribution in [0.2, 0.25) is 0 Å². The van der Waals surface area contributed by atoms with Crippen molar-refractivity contribution in [2.45, 2.75) is 202 Å². The van der Waals surface area contributed by atoms with Crippen molar-refractivity contribution in [1.29, 1.82) is 0 Å². The minimum atomic E-state index is -8.65. The van der Waals surface area contributed by atoms with Crippen molar-refractivity contribution in [3.8, 4) is 0 Å². The molecule has 0 rings (SSSR count). The van der Waals surface area contributed by atoms with E-state index in [2.05, 4.69) is 6.92 Å². The molecule has 0 aliphatic rings. The molecule has 0 N–H and O–H groups in total. The Morgan fingerprint density at radius 1 is 0.485 bits per heavy atom. The van der Waals surface area contributed by atoms with Crippen LogP contribution in [-0.2, 0) is 23.1 Å². The maximum Gasteiger partial charge on any atom is 0.460 e. The average molecular weight is 1050 g/mol. The number of alkyl halides is 17. The molecule has 0 heterocycles. The zero-order chi connectivity index (χ0) is 52.6. The number of likely N-dealkylation sites (N-methyl/N-ethyl adjacent to an activating group) is 1. The minimum Gasteiger partial charge on any atom is -0.756 e. The van der Waals surface area contributed by atoms with E-state index < -0.39 is 74.1 Å². The molecule has 7 nitrogen and oxygen atoms in total. The first-order chi connectivity index (χ1) is 31.1. The van der Waals surface area contributed by atoms with Crippen LogP contribution in [0.1, 0.15) is 148 Å². The molecule has 0 aromatic heterocycles. The van der Waals surface area contributed by atoms with Gasteiger partial charge in [-0.05, 0) is 31.8 Å². The van der Waals surface area contributed by atoms with Crippen LogP contribution in [0.3, 0.4) is 0 Å². The number of phosphoric acid groups is 1. The molecule has 0 aromatic carbocycles. The highest BCUT2D eigenvalue weighted by atomic mass is 31.2. The molecule has 0 spiro atoms. The van der Waals surface area contributed by atoms with E-state index in [4.69, 9.17) is 18.5 Å². The SMILES string of the molecule is CCCCCCCCCCCCCCCCO[C@H](COCCCCCCCCC/C=C/C(F)(F)C(F)(F)C(F)(F)C(F)(F)C(F)(F)C(F)(F)C(F)(F)C(F)(F)F)COP(=O)([O-])OCC[N+](C)(C)C. The summed E-state index contributed by atoms with van der Waals surface area (Å²) in [5.74, 6) is -56.5. The lowest BCUT2D eigenvalue weighted by Crippen LogP contribution is -2.74. The molecule has 0 radical (unpaired) electrons. The lowest BCUT2D eigenvalue weighted by Gasteiger charge is -2.42. The fourth-order valence-corrected chi connectivity index (χ4v) is 7.13. The molecule has 0 bridgehead atoms. The number of phosphoric ester groups is 1. The molecule has 1 unspecified atom stereocenters. The van der Waals surface area contributed by atoms with Crippen molar-refractivity contribution < 1.29 is 107 Å². The van der Waals surface area contributed by atoms with E-state index in [1.54, 1.807) is 0 Å². The predicted octanol–water partition coefficient (Wildman–Crippen LogP) is 14.8. The first-order valence-corrected chi connectivity index (χ1v) is 24.5. The van der Waals surface area contributed by atoms with Gasteiger partial charge in [0.1, 0.15) is 19.3 Å². The van der Waals surface area contributed by atoms with Crippen molar-refractivity contribution >= 4 is 7.82 Å². The number of rotatable bonds is 42. The van der Waals surface area contributed by atoms with Gasteiger partial charge in [0.05, 0.1) is 34.4 Å². The normalized spacial score (nSPS) is 15.7. The van der Waals surface area contributed by atoms with Crippen molar-refractivity contribution in [1.82, 2.24) is 0 Å². The van der Waals surface area contributed by atoms with E-state index in [0.717, 1.165) is 25.7 Å². The molecule has 68 heavy (non-hydrogen) atoms. The molecule has 0 aromatic rings. The second-order valence-corrected chi connectivity index (χ2v) is 19.4. The largest absolute Gasteiger partial charge is 0.756 e. The van der Waals surface area contributed by atoms with E-state index in [1.807, 2.05) is 21.1 Å². The number of hydrogen-bond donors (Lipinski definition) is 0. The number of unbranched alkanes of at least 4 members (excludes halogenated alkanes) is 20. The number of halogens is 17. The van der Waals surface area contributed by atoms with Crippen molar-refractivity contribution in [2.75, 3.05) is 60.7 Å². The summed E-state index contributed by atoms with van der Waals surface area (Å²) in [6, 6.07) is 0. The Morgan fingerprint density at radius 2 is 0.868 bits per heavy atom. The summed E-state index contributed by atoms with van der Waals surface area (Å²) in [5.41, 5.74) is 0. The fourth-order valence-electron chi connectivity index (χ4n) is 6.41. The monoisotopic (exact) mass is 1050 g/mol. The summed E-state index contributed by atoms with van der Waals surface area (Å²) >= 11 is 0. The maximum absolute atomic E-state index is 14.1. The molecular formula is C43H71F17NO6P. The van der Waals surface area contributed by atoms with E-state index in [1.165, 1.54) is 64.2 Å². The van der Waals surface area contributed by atoms with E-state index in [9.17, 15) is 84.1 Å². The molecule has 0 aliphatic carbocycles. The lowest BCUT2D eigenvalue weighted by atomic mass is 9.89. The van der Waals surface area contributed by atoms with E-state index >= 15 is 0 Å². The lowest BCUT2D eigenvalue weighted by molar-refractivity contribution is -0.870. The van der Waals surface area contributed by atoms with Crippen LogP contribution >= 0.6 is 7.82 Å². The Labute approximate surface area is 389 Å². The summed E-state index contributed by atoms with van der Waals surface area (Å²) in [7, 11) is 0.966. The Morgan fingerprint density at radius 3 is 1.29 bits per heavy atom. The molecule has 408 valence electrons. The third-order valence-corrected chi connectivity index (χ3v) is 11.8. The number of allylic oxidation sites excluding steroid dienone is 2. The maximum atomic E-state index is 14.1. The van der Waals surface area contributed by atoms with Gasteiger partial charge in [0, 0.05) is 13.2 Å². The zero-order valence-electron chi connectivity index (χ0n) is 39.3. The summed E-state index contributed by atoms with van der Waals surface area (Å²) in [5, 5.41) is 0. The van der Waals surface area contributed by atoms with Crippen LogP contribution < -0.4 is 4.89 Å². The van der Waals surface area contributed by atoms with Gasteiger partial charge in [0.15, 0.2) is 0 Å². The third-order valence-electron chi connectivity index (χ3n) is 10.8. The van der Waals surface area contributed by atoms with Crippen LogP contribution in [0.25, 0.3) is 0 Å². The van der Waals surface area contributed by atoms with Crippen molar-refractivity contribution in [3.63, 3.8) is 0 Å². The second kappa shape index (κ2) is 29.9. The van der Waals surface area contributed by atoms with E-state index in [0.29, 0.717) is 49.7 Å². The molecule has 0 fully saturated rings. The van der Waals surface area contributed by atoms with Crippen molar-refractivity contribution in [3.05, 3.63) is 12.2 Å². The second-order valence-electron chi connectivity index (χ2n) is 18.0. The molecular weight excluding hydrogens is 980 g/mol. The van der Waals surface area contributed by atoms with Crippen LogP contribution in [0.5, 0.6) is 0 Å². The van der Waals surface area contributed by atoms with Gasteiger partial charge in [-0.3, -0.25) is 4.57 Å². The van der Waals surface area contributed by atoms with E-state index in [-0.39, 0.29) is 45.3 Å². The van der Waals surface area contributed by atoms with Gasteiger partial charge in [0.2, 0.25) is 0 Å². The smallest absolute Gasteiger partial charge is 0.460 e. The molecule has 25 heteroatoms. The number of hydrogen-bond acceptors (Lipinski definition) is 6. The molecule has 0 aliphatic heterocycles. The quantitative estimate of drug-likeness (QED) is 0.0199. The Bertz CT molecular complexity index is 1430. The minimum absolute atomic E-state index is 0.0132. The van der Waals surface area contributed by atoms with Crippen LogP contribution in [0, 0.1) is 0 Å². The summed E-state index contributed by atoms with van der Waals surface area (Å²) in [6.07, 6.45) is 9.14. The van der Waals surface area contributed by atoms with Gasteiger partial charge in [-0.25, -0.2) is 0 Å². The molecule has 0 saturated carbocycles. The topological polar surface area (TPSA) is 77.1 Å². The molecule has 2 atom stereocenters. The first-order valence-electron chi connectivity index (χ1n) is 23.1. The summed E-state index contributed by atoms with van der Waals surface area (Å²) in [6.45, 7) is 2.82. The van der Waals surface area contributed by atoms with Gasteiger partial charge in [-0.15, -0.1) is 0 Å². The fraction of sp³-hybridized carbons (Fsp3) is 0.953. The average Bonchev–Trinajstić information content (AvgIpc) is 3.21. The molecule has 0 saturated heterocycles. The Kier molecular flexibility index (Phi) is 29.3. The summed E-state index contributed by atoms with van der Waals surface area (Å²) in [4.78, 5) is 12.3. The highest BCUT2D eigenvalue weighted by molar-refractivity contribution is 7.45. The van der Waals surface area contributed by atoms with Gasteiger partial charge in [-0.2, -0.15) is 74.6 Å². The molecule has 0 amide bonds. The third kappa shape index (κ3) is 21.7. The van der Waals surface area contributed by atoms with Crippen LogP contribution in [0.4, 0.5) is 74.6 Å². The Hall–Kier alpha value is -1.46. The number of ether oxygens (including phenoxy) is 2. The van der Waals surface area contributed by atoms with Gasteiger partial charge in [-0.1, -0.05) is 129 Å². The van der Waals surface area contributed by atoms with Crippen molar-refractivity contribution in [2.24, 2.45) is 0 Å². The first kappa shape index (κ1) is 66.5. The standard InChI is InChI=1S/C43H71F17NO6P/c1-5-6-7-8-9-10-11-12-13-14-18-21-24-27-31-65-35(34-67-68(62,63)66-32-29-61(2,3)4)33-64-30-26-23-20-17-15-16-19-22-25-28-36(44,45)37(46,47)38(48,49)39(50,51)40(52,53)41(54,55)42(56,57)43(58,59)60/h25,28,35H,5-24,26-27,29-34H2,1-4H3/b28-25+/t35-/m1/s1. The van der Waals surface area contributed by atoms with Crippen LogP contribution in [-0.4, -0.2) is 119 Å². The van der Waals surface area contributed by atoms with Crippen LogP contribution in [0.15, 0.2) is 12.2 Å². The zero-order valence-corrected chi connectivity index (χ0v) is 40.2. The number of nitrogens with zero attached hydrogens (tertiary/aromatic N) is 1. The summed E-state index contributed by atoms with van der Waals surface area (Å²) < 4.78 is 263. The number of quaternary nitrogens is 1.